The van der Waals surface area contributed by atoms with Gasteiger partial charge in [0.05, 0.1) is 27.0 Å². The van der Waals surface area contributed by atoms with Crippen LogP contribution in [0, 0.1) is 10.8 Å². The second-order valence-electron chi connectivity index (χ2n) is 12.0. The normalized spacial score (nSPS) is 26.0. The maximum Gasteiger partial charge on any atom is 0.203 e. The molecule has 1 heterocycles. The summed E-state index contributed by atoms with van der Waals surface area (Å²) in [6.07, 6.45) is 5.17. The van der Waals surface area contributed by atoms with E-state index in [1.165, 1.54) is 6.42 Å². The summed E-state index contributed by atoms with van der Waals surface area (Å²) in [6.45, 7) is 8.07. The smallest absolute Gasteiger partial charge is 0.203 e. The molecule has 2 aliphatic carbocycles. The number of hydrogen-bond donors (Lipinski definition) is 1. The summed E-state index contributed by atoms with van der Waals surface area (Å²) in [5.74, 6) is 1.88. The Bertz CT molecular complexity index is 1240. The molecular weight excluding hydrogens is 452 g/mol. The third-order valence-corrected chi connectivity index (χ3v) is 8.59. The van der Waals surface area contributed by atoms with Crippen LogP contribution in [0.4, 0.5) is 5.69 Å². The Labute approximate surface area is 214 Å². The van der Waals surface area contributed by atoms with Crippen molar-refractivity contribution in [1.29, 1.82) is 0 Å². The zero-order valence-electron chi connectivity index (χ0n) is 22.8. The lowest BCUT2D eigenvalue weighted by atomic mass is 9.65. The number of methoxy groups -OCH3 is 3. The lowest BCUT2D eigenvalue weighted by molar-refractivity contribution is 0.136. The number of benzene rings is 1. The Hall–Kier alpha value is -2.73. The average Bonchev–Trinajstić information content (AvgIpc) is 2.93. The number of nitrogens with one attached hydrogen (secondary N) is 1. The minimum absolute atomic E-state index is 0.0521. The predicted octanol–water partition coefficient (Wildman–Crippen LogP) is 5.35. The van der Waals surface area contributed by atoms with Crippen LogP contribution in [0.3, 0.4) is 0 Å². The van der Waals surface area contributed by atoms with Gasteiger partial charge in [0.25, 0.3) is 0 Å². The number of nitrogens with zero attached hydrogens (tertiary/aromatic N) is 1. The summed E-state index contributed by atoms with van der Waals surface area (Å²) in [6, 6.07) is 8.56. The Morgan fingerprint density at radius 1 is 1.00 bits per heavy atom. The number of hydrogen-bond acceptors (Lipinski definition) is 6. The molecule has 3 aliphatic rings. The van der Waals surface area contributed by atoms with Crippen LogP contribution in [0.5, 0.6) is 17.2 Å². The van der Waals surface area contributed by atoms with Crippen LogP contribution in [-0.2, 0) is 6.42 Å². The third-order valence-electron chi connectivity index (χ3n) is 8.59. The summed E-state index contributed by atoms with van der Waals surface area (Å²) < 4.78 is 17.3. The molecule has 6 heteroatoms. The predicted molar refractivity (Wildman–Crippen MR) is 145 cm³/mol. The third kappa shape index (κ3) is 4.03. The molecule has 1 aliphatic heterocycles. The molecule has 2 aromatic carbocycles. The molecule has 1 saturated carbocycles. The molecule has 2 aromatic rings. The molecule has 3 atom stereocenters. The number of rotatable bonds is 5. The highest BCUT2D eigenvalue weighted by Crippen LogP contribution is 2.54. The van der Waals surface area contributed by atoms with Gasteiger partial charge in [0, 0.05) is 24.2 Å². The van der Waals surface area contributed by atoms with E-state index in [9.17, 15) is 4.79 Å². The van der Waals surface area contributed by atoms with Crippen molar-refractivity contribution in [2.75, 3.05) is 39.8 Å². The van der Waals surface area contributed by atoms with Crippen molar-refractivity contribution in [3.8, 4) is 28.4 Å². The van der Waals surface area contributed by atoms with Crippen molar-refractivity contribution in [1.82, 2.24) is 5.32 Å². The van der Waals surface area contributed by atoms with Crippen molar-refractivity contribution in [3.05, 3.63) is 45.6 Å². The molecule has 0 spiro atoms. The minimum Gasteiger partial charge on any atom is -0.493 e. The average molecular weight is 493 g/mol. The standard InChI is InChI=1S/C30H40N2O4/c1-29(2)14-19-15-30(3,16-29)17-32(19)23-11-9-20-21(13-24(23)33)22(31-4)10-8-18-12-25(34-5)27(35-6)28(36-7)26(18)20/h9,11-13,19,22,31H,8,10,14-17H2,1-7H3/t19-,22+,30+/m1/s1. The molecule has 0 unspecified atom stereocenters. The summed E-state index contributed by atoms with van der Waals surface area (Å²) in [4.78, 5) is 16.3. The van der Waals surface area contributed by atoms with E-state index >= 15 is 0 Å². The lowest BCUT2D eigenvalue weighted by Crippen LogP contribution is -2.35. The first kappa shape index (κ1) is 24.9. The van der Waals surface area contributed by atoms with E-state index in [-0.39, 0.29) is 16.9 Å². The van der Waals surface area contributed by atoms with E-state index < -0.39 is 0 Å². The van der Waals surface area contributed by atoms with Crippen LogP contribution >= 0.6 is 0 Å². The van der Waals surface area contributed by atoms with Gasteiger partial charge in [-0.05, 0) is 84.9 Å². The highest BCUT2D eigenvalue weighted by molar-refractivity contribution is 5.83. The van der Waals surface area contributed by atoms with Gasteiger partial charge in [-0.3, -0.25) is 4.79 Å². The van der Waals surface area contributed by atoms with Gasteiger partial charge in [-0.2, -0.15) is 0 Å². The highest BCUT2D eigenvalue weighted by Gasteiger charge is 2.50. The van der Waals surface area contributed by atoms with Crippen molar-refractivity contribution in [2.24, 2.45) is 10.8 Å². The SMILES string of the molecule is CN[C@H]1CCc2cc(OC)c(OC)c(OC)c2-c2ccc(N3C[C@@]4(C)C[C@H]3CC(C)(C)C4)c(=O)cc21. The highest BCUT2D eigenvalue weighted by atomic mass is 16.5. The summed E-state index contributed by atoms with van der Waals surface area (Å²) in [5.41, 5.74) is 5.58. The number of aryl methyl sites for hydroxylation is 1. The molecule has 0 radical (unpaired) electrons. The molecular formula is C30H40N2O4. The van der Waals surface area contributed by atoms with Crippen molar-refractivity contribution < 1.29 is 14.2 Å². The molecule has 5 rings (SSSR count). The quantitative estimate of drug-likeness (QED) is 0.607. The van der Waals surface area contributed by atoms with Crippen molar-refractivity contribution >= 4 is 5.69 Å². The van der Waals surface area contributed by atoms with E-state index in [0.717, 1.165) is 60.2 Å². The Morgan fingerprint density at radius 3 is 2.42 bits per heavy atom. The largest absolute Gasteiger partial charge is 0.493 e. The second-order valence-corrected chi connectivity index (χ2v) is 12.0. The molecule has 1 N–H and O–H groups in total. The van der Waals surface area contributed by atoms with Gasteiger partial charge in [0.1, 0.15) is 0 Å². The molecule has 0 aromatic heterocycles. The summed E-state index contributed by atoms with van der Waals surface area (Å²) in [5, 5.41) is 3.46. The first-order valence-electron chi connectivity index (χ1n) is 13.1. The second kappa shape index (κ2) is 8.98. The van der Waals surface area contributed by atoms with E-state index in [2.05, 4.69) is 49.2 Å². The van der Waals surface area contributed by atoms with E-state index in [1.807, 2.05) is 13.1 Å². The molecule has 194 valence electrons. The molecule has 2 fully saturated rings. The fraction of sp³-hybridized carbons (Fsp3) is 0.567. The van der Waals surface area contributed by atoms with Gasteiger partial charge < -0.3 is 24.4 Å². The molecule has 6 nitrogen and oxygen atoms in total. The van der Waals surface area contributed by atoms with Gasteiger partial charge in [-0.15, -0.1) is 0 Å². The minimum atomic E-state index is 0.0521. The van der Waals surface area contributed by atoms with E-state index in [4.69, 9.17) is 14.2 Å². The van der Waals surface area contributed by atoms with Crippen molar-refractivity contribution in [3.63, 3.8) is 0 Å². The maximum atomic E-state index is 13.9. The van der Waals surface area contributed by atoms with Crippen molar-refractivity contribution in [2.45, 2.75) is 65.0 Å². The topological polar surface area (TPSA) is 60.0 Å². The lowest BCUT2D eigenvalue weighted by Gasteiger charge is -2.39. The first-order chi connectivity index (χ1) is 17.1. The Balaban J connectivity index is 1.72. The van der Waals surface area contributed by atoms with Crippen LogP contribution in [0.15, 0.2) is 29.1 Å². The number of anilines is 1. The molecule has 36 heavy (non-hydrogen) atoms. The Morgan fingerprint density at radius 2 is 1.75 bits per heavy atom. The van der Waals surface area contributed by atoms with E-state index in [1.54, 1.807) is 21.3 Å². The molecule has 1 saturated heterocycles. The summed E-state index contributed by atoms with van der Waals surface area (Å²) >= 11 is 0. The fourth-order valence-corrected chi connectivity index (χ4v) is 7.58. The number of ether oxygens (including phenoxy) is 3. The van der Waals surface area contributed by atoms with Gasteiger partial charge in [0.15, 0.2) is 11.5 Å². The van der Waals surface area contributed by atoms with Crippen LogP contribution in [-0.4, -0.2) is 41.0 Å². The zero-order chi connectivity index (χ0) is 25.8. The maximum absolute atomic E-state index is 13.9. The Kier molecular flexibility index (Phi) is 6.22. The van der Waals surface area contributed by atoms with Crippen LogP contribution in [0.1, 0.15) is 63.6 Å². The van der Waals surface area contributed by atoms with Gasteiger partial charge in [-0.25, -0.2) is 0 Å². The van der Waals surface area contributed by atoms with Crippen LogP contribution < -0.4 is 29.9 Å². The molecule has 0 amide bonds. The zero-order valence-corrected chi connectivity index (χ0v) is 22.8. The van der Waals surface area contributed by atoms with Gasteiger partial charge >= 0.3 is 0 Å². The van der Waals surface area contributed by atoms with E-state index in [0.29, 0.717) is 28.7 Å². The monoisotopic (exact) mass is 492 g/mol. The molecule has 2 bridgehead atoms. The van der Waals surface area contributed by atoms with Crippen LogP contribution in [0.2, 0.25) is 0 Å². The number of fused-ring (bicyclic) bond motifs is 5. The van der Waals surface area contributed by atoms with Gasteiger partial charge in [-0.1, -0.05) is 26.8 Å². The van der Waals surface area contributed by atoms with Gasteiger partial charge in [0.2, 0.25) is 11.2 Å². The first-order valence-corrected chi connectivity index (χ1v) is 13.1. The summed E-state index contributed by atoms with van der Waals surface area (Å²) in [7, 11) is 6.91. The van der Waals surface area contributed by atoms with Crippen LogP contribution in [0.25, 0.3) is 11.1 Å². The fourth-order valence-electron chi connectivity index (χ4n) is 7.58.